The molecule has 0 saturated heterocycles. The number of hydrogen-bond acceptors (Lipinski definition) is 4. The minimum absolute atomic E-state index is 0.194. The van der Waals surface area contributed by atoms with Gasteiger partial charge in [-0.1, -0.05) is 6.42 Å². The Morgan fingerprint density at radius 3 is 2.48 bits per heavy atom. The van der Waals surface area contributed by atoms with Crippen molar-refractivity contribution in [3.63, 3.8) is 0 Å². The predicted molar refractivity (Wildman–Crippen MR) is 97.2 cm³/mol. The summed E-state index contributed by atoms with van der Waals surface area (Å²) in [5, 5.41) is 3.04. The molecule has 2 aliphatic rings. The third kappa shape index (κ3) is 4.26. The van der Waals surface area contributed by atoms with E-state index in [0.29, 0.717) is 24.0 Å². The van der Waals surface area contributed by atoms with Gasteiger partial charge in [-0.2, -0.15) is 0 Å². The Balaban J connectivity index is 1.67. The van der Waals surface area contributed by atoms with E-state index in [1.807, 2.05) is 6.92 Å². The summed E-state index contributed by atoms with van der Waals surface area (Å²) in [6.45, 7) is 2.23. The summed E-state index contributed by atoms with van der Waals surface area (Å²) in [5.74, 6) is 1.72. The van der Waals surface area contributed by atoms with Crippen LogP contribution in [-0.2, 0) is 14.8 Å². The summed E-state index contributed by atoms with van der Waals surface area (Å²) in [4.78, 5) is 12.4. The number of sulfonamides is 1. The van der Waals surface area contributed by atoms with Crippen molar-refractivity contribution in [1.29, 1.82) is 0 Å². The number of ether oxygens (including phenoxy) is 1. The van der Waals surface area contributed by atoms with Crippen molar-refractivity contribution in [1.82, 2.24) is 5.32 Å². The Morgan fingerprint density at radius 2 is 1.96 bits per heavy atom. The lowest BCUT2D eigenvalue weighted by Crippen LogP contribution is -2.45. The molecule has 2 aliphatic carbocycles. The highest BCUT2D eigenvalue weighted by atomic mass is 32.2. The number of hydrogen-bond donors (Lipinski definition) is 1. The Labute approximate surface area is 149 Å². The molecule has 25 heavy (non-hydrogen) atoms. The number of rotatable bonds is 7. The largest absolute Gasteiger partial charge is 0.494 e. The molecule has 0 aliphatic heterocycles. The number of nitrogens with one attached hydrogen (secondary N) is 1. The Hall–Kier alpha value is -1.76. The van der Waals surface area contributed by atoms with Crippen LogP contribution in [0, 0.1) is 11.8 Å². The van der Waals surface area contributed by atoms with Crippen molar-refractivity contribution >= 4 is 21.6 Å². The maximum atomic E-state index is 12.4. The van der Waals surface area contributed by atoms with Crippen molar-refractivity contribution in [2.24, 2.45) is 11.8 Å². The number of amides is 1. The maximum Gasteiger partial charge on any atom is 0.241 e. The molecule has 1 aromatic carbocycles. The molecule has 138 valence electrons. The molecule has 2 bridgehead atoms. The lowest BCUT2D eigenvalue weighted by atomic mass is 9.95. The summed E-state index contributed by atoms with van der Waals surface area (Å²) in [6, 6.07) is 6.96. The van der Waals surface area contributed by atoms with Crippen LogP contribution >= 0.6 is 0 Å². The quantitative estimate of drug-likeness (QED) is 0.802. The van der Waals surface area contributed by atoms with E-state index < -0.39 is 10.0 Å². The van der Waals surface area contributed by atoms with Crippen LogP contribution in [0.1, 0.15) is 32.6 Å². The number of benzene rings is 1. The first-order valence-electron chi connectivity index (χ1n) is 8.86. The average molecular weight is 366 g/mol. The lowest BCUT2D eigenvalue weighted by molar-refractivity contribution is -0.120. The molecular weight excluding hydrogens is 340 g/mol. The van der Waals surface area contributed by atoms with Gasteiger partial charge in [0.1, 0.15) is 12.3 Å². The minimum atomic E-state index is -3.55. The SMILES string of the molecule is CCOc1ccc(N(CC(=O)N[C@@H]2C[C@@H]3CC[C@H]2C3)S(C)(=O)=O)cc1. The van der Waals surface area contributed by atoms with Gasteiger partial charge in [-0.15, -0.1) is 0 Å². The fourth-order valence-electron chi connectivity index (χ4n) is 4.08. The van der Waals surface area contributed by atoms with E-state index in [4.69, 9.17) is 4.74 Å². The van der Waals surface area contributed by atoms with Crippen LogP contribution in [0.2, 0.25) is 0 Å². The van der Waals surface area contributed by atoms with Crippen molar-refractivity contribution in [2.45, 2.75) is 38.6 Å². The third-order valence-corrected chi connectivity index (χ3v) is 6.35. The van der Waals surface area contributed by atoms with Crippen LogP contribution in [0.5, 0.6) is 5.75 Å². The molecule has 1 amide bonds. The Bertz CT molecular complexity index is 717. The zero-order valence-electron chi connectivity index (χ0n) is 14.8. The number of carbonyl (C=O) groups excluding carboxylic acids is 1. The molecule has 0 spiro atoms. The number of nitrogens with zero attached hydrogens (tertiary/aromatic N) is 1. The highest BCUT2D eigenvalue weighted by molar-refractivity contribution is 7.92. The van der Waals surface area contributed by atoms with Gasteiger partial charge in [0, 0.05) is 6.04 Å². The van der Waals surface area contributed by atoms with Gasteiger partial charge in [-0.3, -0.25) is 9.10 Å². The highest BCUT2D eigenvalue weighted by Crippen LogP contribution is 2.44. The second kappa shape index (κ2) is 7.23. The molecule has 7 heteroatoms. The number of carbonyl (C=O) groups is 1. The summed E-state index contributed by atoms with van der Waals surface area (Å²) < 4.78 is 30.8. The van der Waals surface area contributed by atoms with Crippen LogP contribution < -0.4 is 14.4 Å². The summed E-state index contributed by atoms with van der Waals surface area (Å²) in [6.07, 6.45) is 5.77. The van der Waals surface area contributed by atoms with Gasteiger partial charge in [0.05, 0.1) is 18.6 Å². The zero-order valence-corrected chi connectivity index (χ0v) is 15.6. The van der Waals surface area contributed by atoms with Crippen LogP contribution in [-0.4, -0.2) is 39.8 Å². The number of anilines is 1. The van der Waals surface area contributed by atoms with Crippen LogP contribution in [0.3, 0.4) is 0 Å². The first-order valence-corrected chi connectivity index (χ1v) is 10.7. The Morgan fingerprint density at radius 1 is 1.24 bits per heavy atom. The van der Waals surface area contributed by atoms with E-state index in [-0.39, 0.29) is 18.5 Å². The van der Waals surface area contributed by atoms with Crippen LogP contribution in [0.15, 0.2) is 24.3 Å². The highest BCUT2D eigenvalue weighted by Gasteiger charge is 2.40. The van der Waals surface area contributed by atoms with E-state index in [1.165, 1.54) is 19.3 Å². The molecule has 6 nitrogen and oxygen atoms in total. The van der Waals surface area contributed by atoms with Gasteiger partial charge >= 0.3 is 0 Å². The van der Waals surface area contributed by atoms with E-state index in [2.05, 4.69) is 5.32 Å². The molecule has 2 fully saturated rings. The van der Waals surface area contributed by atoms with Gasteiger partial charge in [-0.05, 0) is 62.3 Å². The van der Waals surface area contributed by atoms with Crippen LogP contribution in [0.25, 0.3) is 0 Å². The second-order valence-electron chi connectivity index (χ2n) is 7.05. The van der Waals surface area contributed by atoms with E-state index >= 15 is 0 Å². The van der Waals surface area contributed by atoms with Gasteiger partial charge in [0.2, 0.25) is 15.9 Å². The van der Waals surface area contributed by atoms with Crippen molar-refractivity contribution in [3.8, 4) is 5.75 Å². The van der Waals surface area contributed by atoms with E-state index in [1.54, 1.807) is 24.3 Å². The molecule has 1 aromatic rings. The third-order valence-electron chi connectivity index (χ3n) is 5.21. The van der Waals surface area contributed by atoms with E-state index in [9.17, 15) is 13.2 Å². The van der Waals surface area contributed by atoms with E-state index in [0.717, 1.165) is 22.9 Å². The van der Waals surface area contributed by atoms with Gasteiger partial charge in [0.15, 0.2) is 0 Å². The molecule has 2 saturated carbocycles. The predicted octanol–water partition coefficient (Wildman–Crippen LogP) is 2.16. The molecule has 3 atom stereocenters. The van der Waals surface area contributed by atoms with Gasteiger partial charge < -0.3 is 10.1 Å². The standard InChI is InChI=1S/C18H26N2O4S/c1-3-24-16-8-6-15(7-9-16)20(25(2,22)23)12-18(21)19-17-11-13-4-5-14(17)10-13/h6-9,13-14,17H,3-5,10-12H2,1-2H3,(H,19,21)/t13-,14+,17-/m1/s1. The normalized spacial score (nSPS) is 25.0. The summed E-state index contributed by atoms with van der Waals surface area (Å²) >= 11 is 0. The zero-order chi connectivity index (χ0) is 18.0. The van der Waals surface area contributed by atoms with Crippen molar-refractivity contribution < 1.29 is 17.9 Å². The molecular formula is C18H26N2O4S. The molecule has 0 heterocycles. The Kier molecular flexibility index (Phi) is 5.22. The van der Waals surface area contributed by atoms with Crippen LogP contribution in [0.4, 0.5) is 5.69 Å². The number of fused-ring (bicyclic) bond motifs is 2. The smallest absolute Gasteiger partial charge is 0.241 e. The second-order valence-corrected chi connectivity index (χ2v) is 8.95. The summed E-state index contributed by atoms with van der Waals surface area (Å²) in [5.41, 5.74) is 0.467. The fraction of sp³-hybridized carbons (Fsp3) is 0.611. The lowest BCUT2D eigenvalue weighted by Gasteiger charge is -2.26. The van der Waals surface area contributed by atoms with Crippen molar-refractivity contribution in [2.75, 3.05) is 23.7 Å². The van der Waals surface area contributed by atoms with Crippen molar-refractivity contribution in [3.05, 3.63) is 24.3 Å². The maximum absolute atomic E-state index is 12.4. The molecule has 3 rings (SSSR count). The monoisotopic (exact) mass is 366 g/mol. The molecule has 0 radical (unpaired) electrons. The fourth-order valence-corrected chi connectivity index (χ4v) is 4.94. The molecule has 0 unspecified atom stereocenters. The minimum Gasteiger partial charge on any atom is -0.494 e. The summed E-state index contributed by atoms with van der Waals surface area (Å²) in [7, 11) is -3.55. The molecule has 0 aromatic heterocycles. The topological polar surface area (TPSA) is 75.7 Å². The first kappa shape index (κ1) is 18.0. The first-order chi connectivity index (χ1) is 11.9. The van der Waals surface area contributed by atoms with Gasteiger partial charge in [0.25, 0.3) is 0 Å². The molecule has 1 N–H and O–H groups in total. The van der Waals surface area contributed by atoms with Gasteiger partial charge in [-0.25, -0.2) is 8.42 Å². The average Bonchev–Trinajstić information content (AvgIpc) is 3.15.